The van der Waals surface area contributed by atoms with Crippen molar-refractivity contribution in [1.29, 1.82) is 0 Å². The van der Waals surface area contributed by atoms with Crippen molar-refractivity contribution in [2.24, 2.45) is 5.41 Å². The van der Waals surface area contributed by atoms with Crippen molar-refractivity contribution in [1.82, 2.24) is 0 Å². The van der Waals surface area contributed by atoms with Gasteiger partial charge in [0.2, 0.25) is 5.91 Å². The average molecular weight is 460 g/mol. The number of phenolic OH excluding ortho intramolecular Hbond substituents is 1. The molecule has 0 unspecified atom stereocenters. The molecule has 3 aromatic carbocycles. The number of anilines is 3. The van der Waals surface area contributed by atoms with Gasteiger partial charge in [0, 0.05) is 11.1 Å². The van der Waals surface area contributed by atoms with Gasteiger partial charge in [0.05, 0.1) is 11.4 Å². The molecule has 0 aliphatic rings. The van der Waals surface area contributed by atoms with Crippen LogP contribution in [0.2, 0.25) is 0 Å². The molecule has 0 radical (unpaired) electrons. The van der Waals surface area contributed by atoms with Crippen LogP contribution in [0, 0.1) is 12.3 Å². The number of phenols is 1. The van der Waals surface area contributed by atoms with Gasteiger partial charge in [0.1, 0.15) is 11.9 Å². The molecule has 7 nitrogen and oxygen atoms in total. The molecule has 1 atom stereocenters. The number of carbonyl (C=O) groups excluding carboxylic acids is 2. The van der Waals surface area contributed by atoms with Gasteiger partial charge in [-0.15, -0.1) is 0 Å². The number of amides is 2. The molecule has 0 bridgehead atoms. The Morgan fingerprint density at radius 1 is 0.971 bits per heavy atom. The van der Waals surface area contributed by atoms with E-state index in [1.54, 1.807) is 54.6 Å². The van der Waals surface area contributed by atoms with Gasteiger partial charge in [-0.2, -0.15) is 0 Å². The van der Waals surface area contributed by atoms with Crippen LogP contribution in [0.3, 0.4) is 0 Å². The summed E-state index contributed by atoms with van der Waals surface area (Å²) in [7, 11) is 0. The SMILES string of the molecule is Cc1ccc(NC(=O)O[C@H](c2ccc(O)cc2)C(C)(C)/C=C/C(=O)Nc2ccccc2N)cc1. The van der Waals surface area contributed by atoms with Crippen LogP contribution >= 0.6 is 0 Å². The standard InChI is InChI=1S/C27H29N3O4/c1-18-8-12-20(13-9-18)29-26(33)34-25(19-10-14-21(31)15-11-19)27(2,3)17-16-24(32)30-23-7-5-4-6-22(23)28/h4-17,25,31H,28H2,1-3H3,(H,29,33)(H,30,32)/b17-16+/t25-/m1/s1. The largest absolute Gasteiger partial charge is 0.508 e. The normalized spacial score (nSPS) is 12.2. The summed E-state index contributed by atoms with van der Waals surface area (Å²) < 4.78 is 5.81. The fraction of sp³-hybridized carbons (Fsp3) is 0.185. The van der Waals surface area contributed by atoms with E-state index in [9.17, 15) is 14.7 Å². The number of para-hydroxylation sites is 2. The minimum Gasteiger partial charge on any atom is -0.508 e. The van der Waals surface area contributed by atoms with E-state index < -0.39 is 17.6 Å². The third-order valence-electron chi connectivity index (χ3n) is 5.28. The number of hydrogen-bond donors (Lipinski definition) is 4. The number of ether oxygens (including phenoxy) is 1. The molecule has 7 heteroatoms. The molecule has 2 amide bonds. The quantitative estimate of drug-likeness (QED) is 0.264. The fourth-order valence-electron chi connectivity index (χ4n) is 3.35. The van der Waals surface area contributed by atoms with Gasteiger partial charge in [0.15, 0.2) is 0 Å². The minimum atomic E-state index is -0.777. The number of aromatic hydroxyl groups is 1. The number of carbonyl (C=O) groups is 2. The first kappa shape index (κ1) is 24.4. The number of aryl methyl sites for hydroxylation is 1. The molecule has 34 heavy (non-hydrogen) atoms. The van der Waals surface area contributed by atoms with Crippen LogP contribution in [-0.4, -0.2) is 17.1 Å². The van der Waals surface area contributed by atoms with Gasteiger partial charge in [-0.3, -0.25) is 10.1 Å². The second-order valence-electron chi connectivity index (χ2n) is 8.60. The Kier molecular flexibility index (Phi) is 7.58. The summed E-state index contributed by atoms with van der Waals surface area (Å²) in [6.07, 6.45) is 1.69. The summed E-state index contributed by atoms with van der Waals surface area (Å²) in [5, 5.41) is 15.2. The number of nitrogen functional groups attached to an aromatic ring is 1. The maximum absolute atomic E-state index is 12.7. The van der Waals surface area contributed by atoms with Gasteiger partial charge >= 0.3 is 6.09 Å². The lowest BCUT2D eigenvalue weighted by Crippen LogP contribution is -2.28. The summed E-state index contributed by atoms with van der Waals surface area (Å²) in [4.78, 5) is 25.2. The lowest BCUT2D eigenvalue weighted by atomic mass is 9.82. The molecular formula is C27H29N3O4. The molecule has 0 saturated heterocycles. The van der Waals surface area contributed by atoms with Crippen molar-refractivity contribution in [3.8, 4) is 5.75 Å². The van der Waals surface area contributed by atoms with Gasteiger partial charge in [-0.25, -0.2) is 4.79 Å². The van der Waals surface area contributed by atoms with Gasteiger partial charge < -0.3 is 20.9 Å². The summed E-state index contributed by atoms with van der Waals surface area (Å²) >= 11 is 0. The average Bonchev–Trinajstić information content (AvgIpc) is 2.80. The smallest absolute Gasteiger partial charge is 0.412 e. The Balaban J connectivity index is 1.79. The summed E-state index contributed by atoms with van der Waals surface area (Å²) in [5.74, 6) is -0.265. The zero-order chi connectivity index (χ0) is 24.7. The van der Waals surface area contributed by atoms with E-state index in [2.05, 4.69) is 10.6 Å². The Labute approximate surface area is 199 Å². The van der Waals surface area contributed by atoms with Gasteiger partial charge in [-0.1, -0.05) is 61.9 Å². The van der Waals surface area contributed by atoms with Gasteiger partial charge in [0.25, 0.3) is 0 Å². The molecule has 176 valence electrons. The second-order valence-corrected chi connectivity index (χ2v) is 8.60. The predicted molar refractivity (Wildman–Crippen MR) is 135 cm³/mol. The van der Waals surface area contributed by atoms with Crippen LogP contribution < -0.4 is 16.4 Å². The lowest BCUT2D eigenvalue weighted by molar-refractivity contribution is -0.112. The number of nitrogens with one attached hydrogen (secondary N) is 2. The highest BCUT2D eigenvalue weighted by Crippen LogP contribution is 2.39. The molecule has 0 heterocycles. The van der Waals surface area contributed by atoms with E-state index in [4.69, 9.17) is 10.5 Å². The Morgan fingerprint density at radius 3 is 2.26 bits per heavy atom. The molecule has 3 aromatic rings. The first-order valence-corrected chi connectivity index (χ1v) is 10.8. The highest BCUT2D eigenvalue weighted by Gasteiger charge is 2.32. The van der Waals surface area contributed by atoms with Crippen molar-refractivity contribution in [2.45, 2.75) is 26.9 Å². The van der Waals surface area contributed by atoms with Crippen LogP contribution in [0.15, 0.2) is 84.9 Å². The minimum absolute atomic E-state index is 0.0970. The van der Waals surface area contributed by atoms with E-state index in [0.717, 1.165) is 5.56 Å². The Bertz CT molecular complexity index is 1170. The van der Waals surface area contributed by atoms with Crippen molar-refractivity contribution in [2.75, 3.05) is 16.4 Å². The summed E-state index contributed by atoms with van der Waals surface area (Å²) in [6.45, 7) is 5.66. The van der Waals surface area contributed by atoms with E-state index in [1.165, 1.54) is 18.2 Å². The molecule has 3 rings (SSSR count). The Morgan fingerprint density at radius 2 is 1.62 bits per heavy atom. The molecule has 0 aliphatic carbocycles. The molecule has 0 fully saturated rings. The molecule has 5 N–H and O–H groups in total. The third-order valence-corrected chi connectivity index (χ3v) is 5.28. The monoisotopic (exact) mass is 459 g/mol. The molecule has 0 aromatic heterocycles. The summed E-state index contributed by atoms with van der Waals surface area (Å²) in [5.41, 5.74) is 8.43. The first-order valence-electron chi connectivity index (χ1n) is 10.8. The number of nitrogens with two attached hydrogens (primary N) is 1. The lowest BCUT2D eigenvalue weighted by Gasteiger charge is -2.31. The van der Waals surface area contributed by atoms with Crippen molar-refractivity contribution in [3.05, 3.63) is 96.1 Å². The van der Waals surface area contributed by atoms with Crippen LogP contribution in [0.5, 0.6) is 5.75 Å². The van der Waals surface area contributed by atoms with E-state index in [1.807, 2.05) is 32.9 Å². The van der Waals surface area contributed by atoms with Crippen LogP contribution in [0.1, 0.15) is 31.1 Å². The zero-order valence-electron chi connectivity index (χ0n) is 19.4. The number of rotatable bonds is 7. The highest BCUT2D eigenvalue weighted by atomic mass is 16.6. The molecule has 0 aliphatic heterocycles. The van der Waals surface area contributed by atoms with Crippen molar-refractivity contribution < 1.29 is 19.4 Å². The molecule has 0 saturated carbocycles. The predicted octanol–water partition coefficient (Wildman–Crippen LogP) is 5.79. The van der Waals surface area contributed by atoms with Crippen LogP contribution in [0.4, 0.5) is 21.9 Å². The third kappa shape index (κ3) is 6.62. The number of benzene rings is 3. The maximum Gasteiger partial charge on any atom is 0.412 e. The second kappa shape index (κ2) is 10.6. The Hall–Kier alpha value is -4.26. The van der Waals surface area contributed by atoms with Crippen molar-refractivity contribution in [3.63, 3.8) is 0 Å². The zero-order valence-corrected chi connectivity index (χ0v) is 19.4. The summed E-state index contributed by atoms with van der Waals surface area (Å²) in [6, 6.07) is 20.7. The number of hydrogen-bond acceptors (Lipinski definition) is 5. The van der Waals surface area contributed by atoms with Crippen LogP contribution in [0.25, 0.3) is 0 Å². The molecular weight excluding hydrogens is 430 g/mol. The van der Waals surface area contributed by atoms with E-state index >= 15 is 0 Å². The van der Waals surface area contributed by atoms with Gasteiger partial charge in [-0.05, 0) is 55.0 Å². The molecule has 0 spiro atoms. The fourth-order valence-corrected chi connectivity index (χ4v) is 3.35. The topological polar surface area (TPSA) is 114 Å². The highest BCUT2D eigenvalue weighted by molar-refractivity contribution is 6.01. The van der Waals surface area contributed by atoms with Crippen LogP contribution in [-0.2, 0) is 9.53 Å². The van der Waals surface area contributed by atoms with E-state index in [0.29, 0.717) is 22.6 Å². The first-order chi connectivity index (χ1) is 16.1. The van der Waals surface area contributed by atoms with E-state index in [-0.39, 0.29) is 11.7 Å². The maximum atomic E-state index is 12.7. The van der Waals surface area contributed by atoms with Crippen molar-refractivity contribution >= 4 is 29.1 Å².